The average Bonchev–Trinajstić information content (AvgIpc) is 3.26. The first-order valence-corrected chi connectivity index (χ1v) is 9.25. The number of carboxylic acid groups (broad SMARTS) is 1. The molecule has 1 aromatic carbocycles. The summed E-state index contributed by atoms with van der Waals surface area (Å²) in [5.74, 6) is 2.21. The number of rotatable bonds is 5. The van der Waals surface area contributed by atoms with Crippen LogP contribution in [0, 0.1) is 17.8 Å². The molecule has 2 aliphatic carbocycles. The monoisotopic (exact) mass is 313 g/mol. The topological polar surface area (TPSA) is 40.5 Å². The fraction of sp³-hybridized carbons (Fsp3) is 0.650. The van der Waals surface area contributed by atoms with E-state index < -0.39 is 5.97 Å². The zero-order valence-electron chi connectivity index (χ0n) is 13.8. The second-order valence-corrected chi connectivity index (χ2v) is 7.94. The molecule has 2 saturated carbocycles. The molecule has 4 unspecified atom stereocenters. The summed E-state index contributed by atoms with van der Waals surface area (Å²) in [5.41, 5.74) is 1.63. The molecule has 23 heavy (non-hydrogen) atoms. The molecule has 3 heteroatoms. The summed E-state index contributed by atoms with van der Waals surface area (Å²) in [7, 11) is 0. The molecule has 1 N–H and O–H groups in total. The van der Waals surface area contributed by atoms with E-state index in [4.69, 9.17) is 5.11 Å². The van der Waals surface area contributed by atoms with Crippen LogP contribution in [0.1, 0.15) is 60.9 Å². The van der Waals surface area contributed by atoms with Crippen LogP contribution in [-0.2, 0) is 6.54 Å². The normalized spacial score (nSPS) is 33.4. The molecule has 3 nitrogen and oxygen atoms in total. The highest BCUT2D eigenvalue weighted by Gasteiger charge is 2.41. The maximum Gasteiger partial charge on any atom is 0.335 e. The first-order chi connectivity index (χ1) is 11.2. The molecule has 3 aliphatic rings. The van der Waals surface area contributed by atoms with Gasteiger partial charge in [0.1, 0.15) is 0 Å². The van der Waals surface area contributed by atoms with Crippen molar-refractivity contribution in [1.82, 2.24) is 4.90 Å². The number of fused-ring (bicyclic) bond motifs is 2. The van der Waals surface area contributed by atoms with Crippen LogP contribution >= 0.6 is 0 Å². The van der Waals surface area contributed by atoms with Gasteiger partial charge in [-0.1, -0.05) is 18.6 Å². The summed E-state index contributed by atoms with van der Waals surface area (Å²) >= 11 is 0. The summed E-state index contributed by atoms with van der Waals surface area (Å²) in [5, 5.41) is 9.00. The van der Waals surface area contributed by atoms with E-state index in [0.29, 0.717) is 5.56 Å². The Labute approximate surface area is 138 Å². The van der Waals surface area contributed by atoms with Gasteiger partial charge in [-0.15, -0.1) is 0 Å². The third-order valence-corrected chi connectivity index (χ3v) is 6.54. The minimum absolute atomic E-state index is 0.383. The molecule has 2 bridgehead atoms. The lowest BCUT2D eigenvalue weighted by atomic mass is 9.83. The van der Waals surface area contributed by atoms with Crippen LogP contribution in [0.2, 0.25) is 0 Å². The van der Waals surface area contributed by atoms with Crippen LogP contribution < -0.4 is 0 Å². The SMILES string of the molecule is O=C(O)c1ccc(CN2CCCC2CC2CC3CCC2C3)cc1. The Morgan fingerprint density at radius 1 is 1.13 bits per heavy atom. The molecule has 3 fully saturated rings. The zero-order valence-corrected chi connectivity index (χ0v) is 13.8. The average molecular weight is 313 g/mol. The number of benzene rings is 1. The molecule has 0 aromatic heterocycles. The van der Waals surface area contributed by atoms with Crippen molar-refractivity contribution in [3.8, 4) is 0 Å². The van der Waals surface area contributed by atoms with Gasteiger partial charge in [0.25, 0.3) is 0 Å². The molecule has 124 valence electrons. The third kappa shape index (κ3) is 3.16. The molecular formula is C20H27NO2. The molecule has 0 spiro atoms. The number of nitrogens with zero attached hydrogens (tertiary/aromatic N) is 1. The number of likely N-dealkylation sites (tertiary alicyclic amines) is 1. The molecule has 0 amide bonds. The van der Waals surface area contributed by atoms with E-state index in [-0.39, 0.29) is 0 Å². The lowest BCUT2D eigenvalue weighted by molar-refractivity contribution is 0.0697. The quantitative estimate of drug-likeness (QED) is 0.886. The molecule has 4 atom stereocenters. The largest absolute Gasteiger partial charge is 0.478 e. The second-order valence-electron chi connectivity index (χ2n) is 7.94. The van der Waals surface area contributed by atoms with E-state index in [1.165, 1.54) is 57.1 Å². The lowest BCUT2D eigenvalue weighted by Crippen LogP contribution is -2.31. The van der Waals surface area contributed by atoms with Crippen molar-refractivity contribution >= 4 is 5.97 Å². The fourth-order valence-corrected chi connectivity index (χ4v) is 5.37. The third-order valence-electron chi connectivity index (χ3n) is 6.54. The number of hydrogen-bond acceptors (Lipinski definition) is 2. The van der Waals surface area contributed by atoms with Crippen molar-refractivity contribution in [2.24, 2.45) is 17.8 Å². The van der Waals surface area contributed by atoms with Gasteiger partial charge in [-0.2, -0.15) is 0 Å². The highest BCUT2D eigenvalue weighted by molar-refractivity contribution is 5.87. The van der Waals surface area contributed by atoms with Crippen LogP contribution in [0.5, 0.6) is 0 Å². The number of carboxylic acids is 1. The summed E-state index contributed by atoms with van der Waals surface area (Å²) in [6.45, 7) is 2.18. The minimum Gasteiger partial charge on any atom is -0.478 e. The Hall–Kier alpha value is -1.35. The van der Waals surface area contributed by atoms with Gasteiger partial charge >= 0.3 is 5.97 Å². The number of hydrogen-bond donors (Lipinski definition) is 1. The molecule has 1 saturated heterocycles. The summed E-state index contributed by atoms with van der Waals surface area (Å²) in [6, 6.07) is 8.18. The van der Waals surface area contributed by atoms with Gasteiger partial charge in [0.2, 0.25) is 0 Å². The van der Waals surface area contributed by atoms with Gasteiger partial charge in [0.15, 0.2) is 0 Å². The van der Waals surface area contributed by atoms with Gasteiger partial charge < -0.3 is 5.11 Å². The Bertz CT molecular complexity index is 568. The molecule has 4 rings (SSSR count). The van der Waals surface area contributed by atoms with Crippen LogP contribution in [0.3, 0.4) is 0 Å². The van der Waals surface area contributed by atoms with Crippen molar-refractivity contribution < 1.29 is 9.90 Å². The highest BCUT2D eigenvalue weighted by atomic mass is 16.4. The van der Waals surface area contributed by atoms with Crippen molar-refractivity contribution in [1.29, 1.82) is 0 Å². The van der Waals surface area contributed by atoms with E-state index in [1.807, 2.05) is 12.1 Å². The fourth-order valence-electron chi connectivity index (χ4n) is 5.37. The predicted octanol–water partition coefficient (Wildman–Crippen LogP) is 4.18. The first-order valence-electron chi connectivity index (χ1n) is 9.25. The maximum absolute atomic E-state index is 11.0. The molecule has 1 heterocycles. The van der Waals surface area contributed by atoms with E-state index in [2.05, 4.69) is 4.90 Å². The van der Waals surface area contributed by atoms with E-state index in [1.54, 1.807) is 12.1 Å². The Kier molecular flexibility index (Phi) is 4.14. The van der Waals surface area contributed by atoms with Gasteiger partial charge in [-0.3, -0.25) is 4.90 Å². The number of carbonyl (C=O) groups is 1. The Morgan fingerprint density at radius 3 is 2.61 bits per heavy atom. The smallest absolute Gasteiger partial charge is 0.335 e. The molecule has 0 radical (unpaired) electrons. The predicted molar refractivity (Wildman–Crippen MR) is 90.4 cm³/mol. The van der Waals surface area contributed by atoms with E-state index >= 15 is 0 Å². The van der Waals surface area contributed by atoms with Gasteiger partial charge in [0, 0.05) is 12.6 Å². The van der Waals surface area contributed by atoms with E-state index in [0.717, 1.165) is 30.3 Å². The first kappa shape index (κ1) is 15.2. The van der Waals surface area contributed by atoms with Gasteiger partial charge in [-0.25, -0.2) is 4.79 Å². The Morgan fingerprint density at radius 2 is 1.96 bits per heavy atom. The van der Waals surface area contributed by atoms with E-state index in [9.17, 15) is 4.79 Å². The molecular weight excluding hydrogens is 286 g/mol. The second kappa shape index (κ2) is 6.27. The van der Waals surface area contributed by atoms with Crippen molar-refractivity contribution in [2.45, 2.75) is 57.5 Å². The zero-order chi connectivity index (χ0) is 15.8. The minimum atomic E-state index is -0.841. The lowest BCUT2D eigenvalue weighted by Gasteiger charge is -2.30. The highest BCUT2D eigenvalue weighted by Crippen LogP contribution is 2.50. The summed E-state index contributed by atoms with van der Waals surface area (Å²) < 4.78 is 0. The number of aromatic carboxylic acids is 1. The molecule has 1 aliphatic heterocycles. The van der Waals surface area contributed by atoms with Crippen LogP contribution in [0.25, 0.3) is 0 Å². The van der Waals surface area contributed by atoms with Crippen molar-refractivity contribution in [3.63, 3.8) is 0 Å². The molecule has 1 aromatic rings. The van der Waals surface area contributed by atoms with Crippen LogP contribution in [0.4, 0.5) is 0 Å². The Balaban J connectivity index is 1.37. The summed E-state index contributed by atoms with van der Waals surface area (Å²) in [4.78, 5) is 13.6. The van der Waals surface area contributed by atoms with Gasteiger partial charge in [0.05, 0.1) is 5.56 Å². The van der Waals surface area contributed by atoms with Crippen LogP contribution in [0.15, 0.2) is 24.3 Å². The van der Waals surface area contributed by atoms with Crippen molar-refractivity contribution in [3.05, 3.63) is 35.4 Å². The standard InChI is InChI=1S/C20H27NO2/c22-20(23)16-6-3-14(4-7-16)13-21-9-1-2-19(21)12-18-11-15-5-8-17(18)10-15/h3-4,6-7,15,17-19H,1-2,5,8-13H2,(H,22,23). The van der Waals surface area contributed by atoms with Crippen molar-refractivity contribution in [2.75, 3.05) is 6.54 Å². The summed E-state index contributed by atoms with van der Waals surface area (Å²) in [6.07, 6.45) is 10.0. The maximum atomic E-state index is 11.0. The van der Waals surface area contributed by atoms with Crippen LogP contribution in [-0.4, -0.2) is 28.6 Å². The van der Waals surface area contributed by atoms with Gasteiger partial charge in [-0.05, 0) is 80.5 Å².